The van der Waals surface area contributed by atoms with Crippen LogP contribution in [0, 0.1) is 5.92 Å². The number of aromatic nitrogens is 1. The van der Waals surface area contributed by atoms with Crippen molar-refractivity contribution in [2.45, 2.75) is 25.8 Å². The first-order chi connectivity index (χ1) is 9.29. The van der Waals surface area contributed by atoms with Crippen LogP contribution in [0.1, 0.15) is 35.4 Å². The van der Waals surface area contributed by atoms with Crippen LogP contribution in [0.5, 0.6) is 0 Å². The fourth-order valence-electron chi connectivity index (χ4n) is 1.83. The van der Waals surface area contributed by atoms with Crippen molar-refractivity contribution in [3.05, 3.63) is 23.5 Å². The van der Waals surface area contributed by atoms with Crippen molar-refractivity contribution >= 4 is 5.97 Å². The molecular weight excluding hydrogens is 244 g/mol. The van der Waals surface area contributed by atoms with Crippen LogP contribution < -0.4 is 5.32 Å². The minimum atomic E-state index is -0.334. The summed E-state index contributed by atoms with van der Waals surface area (Å²) in [5.74, 6) is 0.503. The van der Waals surface area contributed by atoms with Crippen LogP contribution in [0.25, 0.3) is 0 Å². The standard InChI is InChI=1S/C14H22N2O3/c1-18-14(17)13-6-5-12(16-13)9-15-7-2-8-19-10-11-3-4-11/h5-6,11,15-16H,2-4,7-10H2,1H3. The summed E-state index contributed by atoms with van der Waals surface area (Å²) >= 11 is 0. The largest absolute Gasteiger partial charge is 0.464 e. The molecule has 0 aromatic carbocycles. The van der Waals surface area contributed by atoms with Gasteiger partial charge in [-0.25, -0.2) is 4.79 Å². The Morgan fingerprint density at radius 1 is 1.47 bits per heavy atom. The molecule has 5 heteroatoms. The lowest BCUT2D eigenvalue weighted by Crippen LogP contribution is -2.17. The van der Waals surface area contributed by atoms with Crippen LogP contribution >= 0.6 is 0 Å². The molecule has 1 saturated carbocycles. The maximum absolute atomic E-state index is 11.2. The number of hydrogen-bond donors (Lipinski definition) is 2. The van der Waals surface area contributed by atoms with E-state index < -0.39 is 0 Å². The predicted octanol–water partition coefficient (Wildman–Crippen LogP) is 1.71. The third kappa shape index (κ3) is 5.04. The third-order valence-corrected chi connectivity index (χ3v) is 3.16. The number of hydrogen-bond acceptors (Lipinski definition) is 4. The molecule has 1 fully saturated rings. The summed E-state index contributed by atoms with van der Waals surface area (Å²) in [6, 6.07) is 3.63. The molecule has 1 aliphatic carbocycles. The molecular formula is C14H22N2O3. The zero-order valence-electron chi connectivity index (χ0n) is 11.4. The van der Waals surface area contributed by atoms with E-state index >= 15 is 0 Å². The van der Waals surface area contributed by atoms with Crippen molar-refractivity contribution in [1.29, 1.82) is 0 Å². The lowest BCUT2D eigenvalue weighted by Gasteiger charge is -2.04. The summed E-state index contributed by atoms with van der Waals surface area (Å²) in [6.07, 6.45) is 3.69. The molecule has 5 nitrogen and oxygen atoms in total. The molecule has 2 rings (SSSR count). The van der Waals surface area contributed by atoms with E-state index in [0.29, 0.717) is 5.69 Å². The first-order valence-electron chi connectivity index (χ1n) is 6.84. The second kappa shape index (κ2) is 7.31. The molecule has 1 heterocycles. The number of esters is 1. The zero-order valence-corrected chi connectivity index (χ0v) is 11.4. The van der Waals surface area contributed by atoms with Crippen LogP contribution in [0.2, 0.25) is 0 Å². The van der Waals surface area contributed by atoms with E-state index in [4.69, 9.17) is 4.74 Å². The van der Waals surface area contributed by atoms with E-state index in [1.54, 1.807) is 6.07 Å². The van der Waals surface area contributed by atoms with Crippen molar-refractivity contribution in [3.63, 3.8) is 0 Å². The summed E-state index contributed by atoms with van der Waals surface area (Å²) < 4.78 is 10.2. The van der Waals surface area contributed by atoms with E-state index in [1.165, 1.54) is 20.0 Å². The molecule has 2 N–H and O–H groups in total. The molecule has 1 aliphatic rings. The Balaban J connectivity index is 1.52. The number of ether oxygens (including phenoxy) is 2. The third-order valence-electron chi connectivity index (χ3n) is 3.16. The fraction of sp³-hybridized carbons (Fsp3) is 0.643. The average Bonchev–Trinajstić information content (AvgIpc) is 3.13. The van der Waals surface area contributed by atoms with Gasteiger partial charge < -0.3 is 19.8 Å². The molecule has 0 spiro atoms. The Morgan fingerprint density at radius 3 is 3.05 bits per heavy atom. The SMILES string of the molecule is COC(=O)c1ccc(CNCCCOCC2CC2)[nH]1. The number of rotatable bonds is 9. The molecule has 1 aromatic rings. The average molecular weight is 266 g/mol. The van der Waals surface area contributed by atoms with Crippen LogP contribution in [0.4, 0.5) is 0 Å². The second-order valence-electron chi connectivity index (χ2n) is 4.94. The lowest BCUT2D eigenvalue weighted by molar-refractivity contribution is 0.0594. The van der Waals surface area contributed by atoms with E-state index in [1.807, 2.05) is 6.07 Å². The minimum Gasteiger partial charge on any atom is -0.464 e. The predicted molar refractivity (Wildman–Crippen MR) is 72.0 cm³/mol. The maximum Gasteiger partial charge on any atom is 0.354 e. The first-order valence-corrected chi connectivity index (χ1v) is 6.84. The Morgan fingerprint density at radius 2 is 2.32 bits per heavy atom. The van der Waals surface area contributed by atoms with Gasteiger partial charge in [-0.15, -0.1) is 0 Å². The molecule has 1 aromatic heterocycles. The van der Waals surface area contributed by atoms with E-state index in [9.17, 15) is 4.79 Å². The number of H-pyrrole nitrogens is 1. The minimum absolute atomic E-state index is 0.334. The highest BCUT2D eigenvalue weighted by molar-refractivity contribution is 5.87. The highest BCUT2D eigenvalue weighted by Crippen LogP contribution is 2.28. The Labute approximate surface area is 113 Å². The Bertz CT molecular complexity index is 399. The van der Waals surface area contributed by atoms with Crippen LogP contribution in [0.3, 0.4) is 0 Å². The molecule has 0 radical (unpaired) electrons. The van der Waals surface area contributed by atoms with Crippen LogP contribution in [0.15, 0.2) is 12.1 Å². The summed E-state index contributed by atoms with van der Waals surface area (Å²) in [7, 11) is 1.38. The Hall–Kier alpha value is -1.33. The van der Waals surface area contributed by atoms with Gasteiger partial charge in [0.15, 0.2) is 0 Å². The van der Waals surface area contributed by atoms with Gasteiger partial charge in [-0.05, 0) is 43.9 Å². The molecule has 0 aliphatic heterocycles. The fourth-order valence-corrected chi connectivity index (χ4v) is 1.83. The zero-order chi connectivity index (χ0) is 13.5. The van der Waals surface area contributed by atoms with Crippen molar-refractivity contribution in [3.8, 4) is 0 Å². The molecule has 0 saturated heterocycles. The van der Waals surface area contributed by atoms with Gasteiger partial charge in [0.25, 0.3) is 0 Å². The van der Waals surface area contributed by atoms with Gasteiger partial charge in [0.2, 0.25) is 0 Å². The van der Waals surface area contributed by atoms with Crippen LogP contribution in [-0.4, -0.2) is 37.8 Å². The van der Waals surface area contributed by atoms with Crippen molar-refractivity contribution in [2.24, 2.45) is 5.92 Å². The number of carbonyl (C=O) groups is 1. The quantitative estimate of drug-likeness (QED) is 0.527. The second-order valence-corrected chi connectivity index (χ2v) is 4.94. The normalized spacial score (nSPS) is 14.6. The number of carbonyl (C=O) groups excluding carboxylic acids is 1. The molecule has 0 amide bonds. The molecule has 106 valence electrons. The molecule has 0 atom stereocenters. The van der Waals surface area contributed by atoms with Gasteiger partial charge in [0.1, 0.15) is 5.69 Å². The summed E-state index contributed by atoms with van der Waals surface area (Å²) in [4.78, 5) is 14.3. The molecule has 19 heavy (non-hydrogen) atoms. The van der Waals surface area contributed by atoms with Gasteiger partial charge in [-0.2, -0.15) is 0 Å². The molecule has 0 unspecified atom stereocenters. The van der Waals surface area contributed by atoms with Gasteiger partial charge in [0, 0.05) is 25.5 Å². The van der Waals surface area contributed by atoms with Gasteiger partial charge >= 0.3 is 5.97 Å². The van der Waals surface area contributed by atoms with Crippen molar-refractivity contribution < 1.29 is 14.3 Å². The summed E-state index contributed by atoms with van der Waals surface area (Å²) in [5.41, 5.74) is 1.48. The highest BCUT2D eigenvalue weighted by atomic mass is 16.5. The van der Waals surface area contributed by atoms with Gasteiger partial charge in [-0.1, -0.05) is 0 Å². The van der Waals surface area contributed by atoms with Crippen LogP contribution in [-0.2, 0) is 16.0 Å². The summed E-state index contributed by atoms with van der Waals surface area (Å²) in [6.45, 7) is 3.39. The maximum atomic E-state index is 11.2. The monoisotopic (exact) mass is 266 g/mol. The smallest absolute Gasteiger partial charge is 0.354 e. The number of aromatic amines is 1. The van der Waals surface area contributed by atoms with Gasteiger partial charge in [0.05, 0.1) is 7.11 Å². The first kappa shape index (κ1) is 14.1. The van der Waals surface area contributed by atoms with E-state index in [0.717, 1.165) is 44.3 Å². The topological polar surface area (TPSA) is 63.4 Å². The molecule has 0 bridgehead atoms. The Kier molecular flexibility index (Phi) is 5.42. The van der Waals surface area contributed by atoms with Gasteiger partial charge in [-0.3, -0.25) is 0 Å². The lowest BCUT2D eigenvalue weighted by atomic mass is 10.4. The van der Waals surface area contributed by atoms with E-state index in [2.05, 4.69) is 15.0 Å². The number of methoxy groups -OCH3 is 1. The highest BCUT2D eigenvalue weighted by Gasteiger charge is 2.20. The van der Waals surface area contributed by atoms with Crippen molar-refractivity contribution in [2.75, 3.05) is 26.9 Å². The number of nitrogens with one attached hydrogen (secondary N) is 2. The summed E-state index contributed by atoms with van der Waals surface area (Å²) in [5, 5.41) is 3.31. The van der Waals surface area contributed by atoms with Crippen molar-refractivity contribution in [1.82, 2.24) is 10.3 Å². The van der Waals surface area contributed by atoms with E-state index in [-0.39, 0.29) is 5.97 Å².